The van der Waals surface area contributed by atoms with Crippen molar-refractivity contribution in [2.24, 2.45) is 5.92 Å². The van der Waals surface area contributed by atoms with Crippen molar-refractivity contribution in [1.82, 2.24) is 0 Å². The third kappa shape index (κ3) is 5.31. The van der Waals surface area contributed by atoms with Crippen molar-refractivity contribution >= 4 is 22.9 Å². The van der Waals surface area contributed by atoms with Crippen LogP contribution in [0, 0.1) is 5.92 Å². The molecule has 4 rings (SSSR count). The fourth-order valence-corrected chi connectivity index (χ4v) is 5.32. The number of nitrogens with one attached hydrogen (secondary N) is 1. The van der Waals surface area contributed by atoms with E-state index in [0.29, 0.717) is 12.8 Å². The first-order valence-corrected chi connectivity index (χ1v) is 12.0. The van der Waals surface area contributed by atoms with Crippen molar-refractivity contribution in [2.75, 3.05) is 5.32 Å². The SMILES string of the molecule is O=C(Nc1cccc(C(F)(F)F)c1)C(O)(Cc1ccccc1-c1ccsc1)C1CCCCC1. The molecule has 0 radical (unpaired) electrons. The topological polar surface area (TPSA) is 49.3 Å². The fourth-order valence-electron chi connectivity index (χ4n) is 4.67. The van der Waals surface area contributed by atoms with Crippen molar-refractivity contribution in [3.63, 3.8) is 0 Å². The normalized spacial score (nSPS) is 16.8. The summed E-state index contributed by atoms with van der Waals surface area (Å²) in [5, 5.41) is 18.4. The van der Waals surface area contributed by atoms with Crippen molar-refractivity contribution in [3.8, 4) is 11.1 Å². The Morgan fingerprint density at radius 3 is 2.48 bits per heavy atom. The molecule has 0 spiro atoms. The average molecular weight is 474 g/mol. The number of thiophene rings is 1. The van der Waals surface area contributed by atoms with Crippen LogP contribution < -0.4 is 5.32 Å². The maximum Gasteiger partial charge on any atom is 0.416 e. The molecule has 1 fully saturated rings. The van der Waals surface area contributed by atoms with Gasteiger partial charge in [0.25, 0.3) is 5.91 Å². The molecule has 33 heavy (non-hydrogen) atoms. The third-order valence-electron chi connectivity index (χ3n) is 6.43. The minimum absolute atomic E-state index is 0.0233. The van der Waals surface area contributed by atoms with Gasteiger partial charge >= 0.3 is 6.18 Å². The molecule has 2 N–H and O–H groups in total. The van der Waals surface area contributed by atoms with E-state index in [9.17, 15) is 23.1 Å². The van der Waals surface area contributed by atoms with E-state index in [0.717, 1.165) is 48.1 Å². The molecule has 1 amide bonds. The maximum atomic E-state index is 13.5. The van der Waals surface area contributed by atoms with Crippen molar-refractivity contribution < 1.29 is 23.1 Å². The molecule has 1 unspecified atom stereocenters. The van der Waals surface area contributed by atoms with Crippen LogP contribution in [0.3, 0.4) is 0 Å². The van der Waals surface area contributed by atoms with E-state index in [1.165, 1.54) is 12.1 Å². The fraction of sp³-hybridized carbons (Fsp3) is 0.346. The lowest BCUT2D eigenvalue weighted by atomic mass is 9.73. The standard InChI is InChI=1S/C26H26F3NO2S/c27-26(28,29)21-10-6-11-22(15-21)30-24(31)25(32,20-8-2-1-3-9-20)16-18-7-4-5-12-23(18)19-13-14-33-17-19/h4-7,10-15,17,20,32H,1-3,8-9,16H2,(H,30,31). The highest BCUT2D eigenvalue weighted by molar-refractivity contribution is 7.08. The van der Waals surface area contributed by atoms with Crippen LogP contribution in [0.4, 0.5) is 18.9 Å². The molecule has 174 valence electrons. The number of hydrogen-bond donors (Lipinski definition) is 2. The third-order valence-corrected chi connectivity index (χ3v) is 7.11. The van der Waals surface area contributed by atoms with Crippen LogP contribution in [0.15, 0.2) is 65.4 Å². The summed E-state index contributed by atoms with van der Waals surface area (Å²) in [6.45, 7) is 0. The van der Waals surface area contributed by atoms with Gasteiger partial charge in [0.05, 0.1) is 5.56 Å². The first kappa shape index (κ1) is 23.5. The van der Waals surface area contributed by atoms with Gasteiger partial charge in [-0.05, 0) is 70.5 Å². The molecule has 0 aliphatic heterocycles. The number of amides is 1. The quantitative estimate of drug-likeness (QED) is 0.408. The van der Waals surface area contributed by atoms with Crippen molar-refractivity contribution in [1.29, 1.82) is 0 Å². The number of alkyl halides is 3. The number of carbonyl (C=O) groups is 1. The lowest BCUT2D eigenvalue weighted by Crippen LogP contribution is -2.51. The van der Waals surface area contributed by atoms with Crippen LogP contribution in [0.1, 0.15) is 43.2 Å². The molecule has 1 aromatic heterocycles. The lowest BCUT2D eigenvalue weighted by Gasteiger charge is -2.37. The molecule has 7 heteroatoms. The van der Waals surface area contributed by atoms with Crippen molar-refractivity contribution in [2.45, 2.75) is 50.3 Å². The average Bonchev–Trinajstić information content (AvgIpc) is 3.34. The molecule has 1 atom stereocenters. The van der Waals surface area contributed by atoms with Crippen LogP contribution in [-0.4, -0.2) is 16.6 Å². The number of rotatable bonds is 6. The zero-order chi connectivity index (χ0) is 23.5. The van der Waals surface area contributed by atoms with Crippen LogP contribution >= 0.6 is 11.3 Å². The zero-order valence-electron chi connectivity index (χ0n) is 18.1. The summed E-state index contributed by atoms with van der Waals surface area (Å²) in [5.41, 5.74) is 0.239. The number of benzene rings is 2. The van der Waals surface area contributed by atoms with Crippen LogP contribution in [0.25, 0.3) is 11.1 Å². The Morgan fingerprint density at radius 2 is 1.79 bits per heavy atom. The summed E-state index contributed by atoms with van der Waals surface area (Å²) in [4.78, 5) is 13.5. The minimum atomic E-state index is -4.51. The van der Waals surface area contributed by atoms with Crippen LogP contribution in [0.2, 0.25) is 0 Å². The smallest absolute Gasteiger partial charge is 0.379 e. The Morgan fingerprint density at radius 1 is 1.03 bits per heavy atom. The molecule has 1 saturated carbocycles. The molecule has 1 aliphatic rings. The van der Waals surface area contributed by atoms with Gasteiger partial charge in [-0.25, -0.2) is 0 Å². The molecule has 2 aromatic carbocycles. The van der Waals surface area contributed by atoms with Gasteiger partial charge in [-0.1, -0.05) is 49.6 Å². The number of hydrogen-bond acceptors (Lipinski definition) is 3. The Kier molecular flexibility index (Phi) is 6.91. The first-order chi connectivity index (χ1) is 15.8. The van der Waals surface area contributed by atoms with Gasteiger partial charge in [0.1, 0.15) is 5.60 Å². The van der Waals surface area contributed by atoms with E-state index in [1.54, 1.807) is 11.3 Å². The molecule has 0 saturated heterocycles. The minimum Gasteiger partial charge on any atom is -0.379 e. The number of anilines is 1. The maximum absolute atomic E-state index is 13.5. The molecule has 1 aliphatic carbocycles. The van der Waals surface area contributed by atoms with Gasteiger partial charge in [0.2, 0.25) is 0 Å². The Hall–Kier alpha value is -2.64. The summed E-state index contributed by atoms with van der Waals surface area (Å²) in [5.74, 6) is -0.929. The highest BCUT2D eigenvalue weighted by atomic mass is 32.1. The molecule has 3 nitrogen and oxygen atoms in total. The van der Waals surface area contributed by atoms with E-state index in [2.05, 4.69) is 5.32 Å². The summed E-state index contributed by atoms with van der Waals surface area (Å²) >= 11 is 1.57. The van der Waals surface area contributed by atoms with Crippen LogP contribution in [0.5, 0.6) is 0 Å². The van der Waals surface area contributed by atoms with Gasteiger partial charge in [-0.3, -0.25) is 4.79 Å². The van der Waals surface area contributed by atoms with E-state index in [1.807, 2.05) is 41.1 Å². The summed E-state index contributed by atoms with van der Waals surface area (Å²) < 4.78 is 39.4. The second kappa shape index (κ2) is 9.69. The Bertz CT molecular complexity index is 1090. The van der Waals surface area contributed by atoms with Gasteiger partial charge in [-0.15, -0.1) is 0 Å². The molecule has 3 aromatic rings. The number of carbonyl (C=O) groups excluding carboxylic acids is 1. The highest BCUT2D eigenvalue weighted by Gasteiger charge is 2.44. The largest absolute Gasteiger partial charge is 0.416 e. The second-order valence-electron chi connectivity index (χ2n) is 8.64. The zero-order valence-corrected chi connectivity index (χ0v) is 18.9. The molecule has 1 heterocycles. The summed E-state index contributed by atoms with van der Waals surface area (Å²) in [7, 11) is 0. The van der Waals surface area contributed by atoms with Gasteiger partial charge in [-0.2, -0.15) is 24.5 Å². The molecule has 0 bridgehead atoms. The predicted octanol–water partition coefficient (Wildman–Crippen LogP) is 6.93. The van der Waals surface area contributed by atoms with E-state index in [-0.39, 0.29) is 18.0 Å². The Balaban J connectivity index is 1.66. The van der Waals surface area contributed by atoms with Crippen LogP contribution in [-0.2, 0) is 17.4 Å². The predicted molar refractivity (Wildman–Crippen MR) is 125 cm³/mol. The van der Waals surface area contributed by atoms with Crippen molar-refractivity contribution in [3.05, 3.63) is 76.5 Å². The summed E-state index contributed by atoms with van der Waals surface area (Å²) in [6.07, 6.45) is -0.145. The van der Waals surface area contributed by atoms with E-state index >= 15 is 0 Å². The molecular formula is C26H26F3NO2S. The summed E-state index contributed by atoms with van der Waals surface area (Å²) in [6, 6.07) is 14.2. The van der Waals surface area contributed by atoms with E-state index in [4.69, 9.17) is 0 Å². The second-order valence-corrected chi connectivity index (χ2v) is 9.42. The Labute approximate surface area is 195 Å². The highest BCUT2D eigenvalue weighted by Crippen LogP contribution is 2.38. The molecular weight excluding hydrogens is 447 g/mol. The number of halogens is 3. The van der Waals surface area contributed by atoms with E-state index < -0.39 is 23.2 Å². The van der Waals surface area contributed by atoms with Gasteiger partial charge in [0.15, 0.2) is 0 Å². The van der Waals surface area contributed by atoms with Gasteiger partial charge in [0, 0.05) is 12.1 Å². The monoisotopic (exact) mass is 473 g/mol. The van der Waals surface area contributed by atoms with Gasteiger partial charge < -0.3 is 10.4 Å². The first-order valence-electron chi connectivity index (χ1n) is 11.1. The number of aliphatic hydroxyl groups is 1. The lowest BCUT2D eigenvalue weighted by molar-refractivity contribution is -0.142.